The summed E-state index contributed by atoms with van der Waals surface area (Å²) in [7, 11) is 0. The normalized spacial score (nSPS) is 17.7. The minimum absolute atomic E-state index is 0.248. The molecule has 1 aliphatic heterocycles. The average molecular weight is 374 g/mol. The number of halogens is 1. The fourth-order valence-corrected chi connectivity index (χ4v) is 3.02. The number of morpholine rings is 1. The predicted octanol–water partition coefficient (Wildman–Crippen LogP) is 2.86. The van der Waals surface area contributed by atoms with Crippen LogP contribution in [0.1, 0.15) is 26.5 Å². The van der Waals surface area contributed by atoms with Gasteiger partial charge in [0.05, 0.1) is 24.9 Å². The summed E-state index contributed by atoms with van der Waals surface area (Å²) in [6, 6.07) is 2.22. The molecule has 6 nitrogen and oxygen atoms in total. The molecule has 1 aromatic rings. The van der Waals surface area contributed by atoms with E-state index in [9.17, 15) is 0 Å². The zero-order valence-electron chi connectivity index (χ0n) is 13.4. The third kappa shape index (κ3) is 5.87. The van der Waals surface area contributed by atoms with E-state index < -0.39 is 0 Å². The molecule has 0 amide bonds. The van der Waals surface area contributed by atoms with E-state index in [1.165, 1.54) is 11.8 Å². The van der Waals surface area contributed by atoms with Gasteiger partial charge in [-0.3, -0.25) is 5.43 Å². The number of thiocarbonyl (C=S) groups is 1. The first-order valence-electron chi connectivity index (χ1n) is 7.27. The summed E-state index contributed by atoms with van der Waals surface area (Å²) in [6.45, 7) is 8.09. The summed E-state index contributed by atoms with van der Waals surface area (Å²) < 4.78 is 6.06. The Labute approximate surface area is 151 Å². The molecule has 0 saturated carbocycles. The SMILES string of the molecule is CC(C)=NNC(=S)SCc1cc(N2CCOC[C@@H]2C)nc(Cl)n1. The van der Waals surface area contributed by atoms with Crippen LogP contribution in [-0.4, -0.2) is 45.8 Å². The first-order chi connectivity index (χ1) is 11.0. The number of ether oxygens (including phenoxy) is 1. The molecule has 1 saturated heterocycles. The van der Waals surface area contributed by atoms with Crippen molar-refractivity contribution in [2.75, 3.05) is 24.7 Å². The van der Waals surface area contributed by atoms with Gasteiger partial charge in [0, 0.05) is 24.1 Å². The van der Waals surface area contributed by atoms with Crippen molar-refractivity contribution in [1.29, 1.82) is 0 Å². The van der Waals surface area contributed by atoms with Crippen LogP contribution in [-0.2, 0) is 10.5 Å². The molecule has 0 aliphatic carbocycles. The maximum Gasteiger partial charge on any atom is 0.224 e. The van der Waals surface area contributed by atoms with Gasteiger partial charge >= 0.3 is 0 Å². The topological polar surface area (TPSA) is 62.6 Å². The Morgan fingerprint density at radius 1 is 1.57 bits per heavy atom. The average Bonchev–Trinajstić information content (AvgIpc) is 2.51. The lowest BCUT2D eigenvalue weighted by Crippen LogP contribution is -2.44. The number of hydrogen-bond donors (Lipinski definition) is 1. The molecule has 2 rings (SSSR count). The van der Waals surface area contributed by atoms with E-state index in [0.29, 0.717) is 23.3 Å². The van der Waals surface area contributed by atoms with Gasteiger partial charge in [-0.1, -0.05) is 24.0 Å². The van der Waals surface area contributed by atoms with Crippen molar-refractivity contribution in [2.45, 2.75) is 32.6 Å². The van der Waals surface area contributed by atoms with E-state index in [-0.39, 0.29) is 11.3 Å². The van der Waals surface area contributed by atoms with E-state index >= 15 is 0 Å². The molecule has 1 aliphatic rings. The molecule has 126 valence electrons. The largest absolute Gasteiger partial charge is 0.377 e. The summed E-state index contributed by atoms with van der Waals surface area (Å²) in [5.41, 5.74) is 4.59. The molecular weight excluding hydrogens is 354 g/mol. The highest BCUT2D eigenvalue weighted by Gasteiger charge is 2.21. The van der Waals surface area contributed by atoms with E-state index in [4.69, 9.17) is 28.6 Å². The molecule has 0 aromatic carbocycles. The van der Waals surface area contributed by atoms with E-state index in [0.717, 1.165) is 23.8 Å². The number of anilines is 1. The Hall–Kier alpha value is -0.960. The lowest BCUT2D eigenvalue weighted by Gasteiger charge is -2.34. The molecule has 1 atom stereocenters. The summed E-state index contributed by atoms with van der Waals surface area (Å²) in [6.07, 6.45) is 0. The van der Waals surface area contributed by atoms with Crippen molar-refractivity contribution in [2.24, 2.45) is 5.10 Å². The van der Waals surface area contributed by atoms with Crippen molar-refractivity contribution < 1.29 is 4.74 Å². The van der Waals surface area contributed by atoms with Gasteiger partial charge in [0.25, 0.3) is 0 Å². The lowest BCUT2D eigenvalue weighted by molar-refractivity contribution is 0.0985. The Morgan fingerprint density at radius 2 is 2.35 bits per heavy atom. The van der Waals surface area contributed by atoms with Gasteiger partial charge < -0.3 is 9.64 Å². The van der Waals surface area contributed by atoms with Crippen LogP contribution in [0.15, 0.2) is 11.2 Å². The van der Waals surface area contributed by atoms with E-state index in [1.54, 1.807) is 0 Å². The Kier molecular flexibility index (Phi) is 7.01. The summed E-state index contributed by atoms with van der Waals surface area (Å²) in [5.74, 6) is 1.44. The second-order valence-electron chi connectivity index (χ2n) is 5.35. The quantitative estimate of drug-likeness (QED) is 0.377. The van der Waals surface area contributed by atoms with Crippen molar-refractivity contribution in [3.05, 3.63) is 17.0 Å². The van der Waals surface area contributed by atoms with Crippen molar-refractivity contribution in [3.63, 3.8) is 0 Å². The molecule has 0 unspecified atom stereocenters. The third-order valence-corrected chi connectivity index (χ3v) is 4.53. The highest BCUT2D eigenvalue weighted by molar-refractivity contribution is 8.22. The highest BCUT2D eigenvalue weighted by Crippen LogP contribution is 2.22. The molecule has 2 heterocycles. The molecule has 0 radical (unpaired) electrons. The lowest BCUT2D eigenvalue weighted by atomic mass is 10.2. The monoisotopic (exact) mass is 373 g/mol. The number of nitrogens with one attached hydrogen (secondary N) is 1. The molecule has 1 aromatic heterocycles. The number of thioether (sulfide) groups is 1. The van der Waals surface area contributed by atoms with Gasteiger partial charge in [0.15, 0.2) is 4.32 Å². The maximum absolute atomic E-state index is 6.08. The second-order valence-corrected chi connectivity index (χ2v) is 7.34. The van der Waals surface area contributed by atoms with Crippen LogP contribution in [0.25, 0.3) is 0 Å². The Morgan fingerprint density at radius 3 is 3.04 bits per heavy atom. The molecule has 1 N–H and O–H groups in total. The molecular formula is C14H20ClN5OS2. The van der Waals surface area contributed by atoms with Crippen LogP contribution in [0, 0.1) is 0 Å². The van der Waals surface area contributed by atoms with Crippen LogP contribution in [0.4, 0.5) is 5.82 Å². The van der Waals surface area contributed by atoms with Crippen LogP contribution in [0.5, 0.6) is 0 Å². The van der Waals surface area contributed by atoms with E-state index in [1.807, 2.05) is 19.9 Å². The van der Waals surface area contributed by atoms with Crippen LogP contribution < -0.4 is 10.3 Å². The number of rotatable bonds is 4. The predicted molar refractivity (Wildman–Crippen MR) is 100 cm³/mol. The van der Waals surface area contributed by atoms with Crippen LogP contribution in [0.2, 0.25) is 5.28 Å². The van der Waals surface area contributed by atoms with Gasteiger partial charge in [-0.2, -0.15) is 5.10 Å². The van der Waals surface area contributed by atoms with Crippen molar-refractivity contribution in [1.82, 2.24) is 15.4 Å². The standard InChI is InChI=1S/C14H20ClN5OS2/c1-9(2)18-19-14(22)23-8-11-6-12(17-13(15)16-11)20-4-5-21-7-10(20)3/h6,10H,4-5,7-8H2,1-3H3,(H,19,22)/t10-/m0/s1. The zero-order chi connectivity index (χ0) is 16.8. The van der Waals surface area contributed by atoms with Crippen molar-refractivity contribution in [3.8, 4) is 0 Å². The second kappa shape index (κ2) is 8.77. The number of hydrazone groups is 1. The fraction of sp³-hybridized carbons (Fsp3) is 0.571. The first kappa shape index (κ1) is 18.4. The molecule has 23 heavy (non-hydrogen) atoms. The third-order valence-electron chi connectivity index (χ3n) is 3.12. The highest BCUT2D eigenvalue weighted by atomic mass is 35.5. The number of nitrogens with zero attached hydrogens (tertiary/aromatic N) is 4. The Balaban J connectivity index is 2.02. The zero-order valence-corrected chi connectivity index (χ0v) is 15.8. The first-order valence-corrected chi connectivity index (χ1v) is 9.04. The van der Waals surface area contributed by atoms with Crippen LogP contribution in [0.3, 0.4) is 0 Å². The maximum atomic E-state index is 6.08. The van der Waals surface area contributed by atoms with Gasteiger partial charge in [-0.05, 0) is 32.4 Å². The van der Waals surface area contributed by atoms with E-state index in [2.05, 4.69) is 32.3 Å². The van der Waals surface area contributed by atoms with Crippen molar-refractivity contribution >= 4 is 51.4 Å². The van der Waals surface area contributed by atoms with Gasteiger partial charge in [0.1, 0.15) is 5.82 Å². The molecule has 0 spiro atoms. The molecule has 0 bridgehead atoms. The number of hydrogen-bond acceptors (Lipinski definition) is 7. The smallest absolute Gasteiger partial charge is 0.224 e. The molecule has 1 fully saturated rings. The van der Waals surface area contributed by atoms with Gasteiger partial charge in [-0.15, -0.1) is 0 Å². The fourth-order valence-electron chi connectivity index (χ4n) is 2.07. The minimum Gasteiger partial charge on any atom is -0.377 e. The molecule has 9 heteroatoms. The Bertz CT molecular complexity index is 595. The van der Waals surface area contributed by atoms with Gasteiger partial charge in [0.2, 0.25) is 5.28 Å². The number of aromatic nitrogens is 2. The minimum atomic E-state index is 0.248. The summed E-state index contributed by atoms with van der Waals surface area (Å²) in [5, 5.41) is 4.33. The van der Waals surface area contributed by atoms with Crippen LogP contribution >= 0.6 is 35.6 Å². The summed E-state index contributed by atoms with van der Waals surface area (Å²) >= 11 is 12.8. The summed E-state index contributed by atoms with van der Waals surface area (Å²) in [4.78, 5) is 10.8. The van der Waals surface area contributed by atoms with Gasteiger partial charge in [-0.25, -0.2) is 9.97 Å².